The summed E-state index contributed by atoms with van der Waals surface area (Å²) in [5.74, 6) is 1.66. The van der Waals surface area contributed by atoms with Crippen molar-refractivity contribution in [3.63, 3.8) is 0 Å². The van der Waals surface area contributed by atoms with Gasteiger partial charge in [0.1, 0.15) is 6.33 Å². The molecule has 4 bridgehead atoms. The summed E-state index contributed by atoms with van der Waals surface area (Å²) in [5, 5.41) is 15.6. The maximum atomic E-state index is 12.4. The van der Waals surface area contributed by atoms with E-state index in [0.29, 0.717) is 17.8 Å². The van der Waals surface area contributed by atoms with Gasteiger partial charge in [0, 0.05) is 5.54 Å². The van der Waals surface area contributed by atoms with Gasteiger partial charge in [-0.15, -0.1) is 0 Å². The number of benzene rings is 1. The molecule has 9 nitrogen and oxygen atoms in total. The summed E-state index contributed by atoms with van der Waals surface area (Å²) in [5.41, 5.74) is 4.84. The molecule has 1 aromatic carbocycles. The normalized spacial score (nSPS) is 28.2. The van der Waals surface area contributed by atoms with Crippen LogP contribution in [0.15, 0.2) is 30.6 Å². The molecule has 162 valence electrons. The summed E-state index contributed by atoms with van der Waals surface area (Å²) < 4.78 is 0. The number of hydrazine groups is 1. The Morgan fingerprint density at radius 3 is 2.29 bits per heavy atom. The van der Waals surface area contributed by atoms with Crippen molar-refractivity contribution in [3.05, 3.63) is 51.3 Å². The van der Waals surface area contributed by atoms with Crippen LogP contribution >= 0.6 is 11.6 Å². The van der Waals surface area contributed by atoms with Gasteiger partial charge in [-0.05, 0) is 68.4 Å². The third-order valence-corrected chi connectivity index (χ3v) is 7.17. The minimum atomic E-state index is -0.521. The summed E-state index contributed by atoms with van der Waals surface area (Å²) in [6, 6.07) is 6.55. The molecule has 0 unspecified atom stereocenters. The molecule has 31 heavy (non-hydrogen) atoms. The lowest BCUT2D eigenvalue weighted by molar-refractivity contribution is -0.383. The lowest BCUT2D eigenvalue weighted by atomic mass is 9.53. The molecule has 4 aliphatic carbocycles. The van der Waals surface area contributed by atoms with Crippen molar-refractivity contribution < 1.29 is 9.72 Å². The van der Waals surface area contributed by atoms with Gasteiger partial charge in [0.05, 0.1) is 15.5 Å². The number of halogens is 1. The van der Waals surface area contributed by atoms with Gasteiger partial charge in [-0.2, -0.15) is 0 Å². The van der Waals surface area contributed by atoms with E-state index >= 15 is 0 Å². The molecule has 0 aliphatic heterocycles. The largest absolute Gasteiger partial charge is 0.359 e. The molecular formula is C21H23ClN6O3. The second-order valence-corrected chi connectivity index (χ2v) is 9.47. The van der Waals surface area contributed by atoms with E-state index in [4.69, 9.17) is 11.6 Å². The number of nitrogens with one attached hydrogen (secondary N) is 3. The molecule has 1 aromatic heterocycles. The molecule has 1 amide bonds. The predicted octanol–water partition coefficient (Wildman–Crippen LogP) is 4.18. The molecule has 2 aromatic rings. The van der Waals surface area contributed by atoms with Gasteiger partial charge >= 0.3 is 5.69 Å². The first-order valence-electron chi connectivity index (χ1n) is 10.5. The number of anilines is 2. The number of aromatic nitrogens is 2. The van der Waals surface area contributed by atoms with E-state index in [0.717, 1.165) is 19.3 Å². The summed E-state index contributed by atoms with van der Waals surface area (Å²) in [6.45, 7) is 0. The molecule has 6 rings (SSSR count). The zero-order valence-corrected chi connectivity index (χ0v) is 17.6. The highest BCUT2D eigenvalue weighted by molar-refractivity contribution is 6.33. The van der Waals surface area contributed by atoms with E-state index < -0.39 is 10.8 Å². The van der Waals surface area contributed by atoms with Crippen molar-refractivity contribution in [3.8, 4) is 0 Å². The molecule has 10 heteroatoms. The van der Waals surface area contributed by atoms with Crippen LogP contribution in [-0.4, -0.2) is 26.3 Å². The van der Waals surface area contributed by atoms with Crippen molar-refractivity contribution in [2.45, 2.75) is 44.1 Å². The van der Waals surface area contributed by atoms with Crippen LogP contribution in [0.5, 0.6) is 0 Å². The Morgan fingerprint density at radius 1 is 1.06 bits per heavy atom. The fourth-order valence-electron chi connectivity index (χ4n) is 6.08. The van der Waals surface area contributed by atoms with E-state index in [2.05, 4.69) is 26.1 Å². The minimum Gasteiger partial charge on any atom is -0.359 e. The lowest BCUT2D eigenvalue weighted by Gasteiger charge is -2.57. The van der Waals surface area contributed by atoms with Crippen LogP contribution in [0, 0.1) is 27.9 Å². The number of amides is 1. The number of nitro groups is 1. The van der Waals surface area contributed by atoms with E-state index in [1.54, 1.807) is 24.3 Å². The number of hydrogen-bond donors (Lipinski definition) is 3. The van der Waals surface area contributed by atoms with Crippen molar-refractivity contribution in [2.24, 2.45) is 17.8 Å². The van der Waals surface area contributed by atoms with Crippen LogP contribution in [0.3, 0.4) is 0 Å². The molecule has 4 aliphatic rings. The maximum absolute atomic E-state index is 12.4. The topological polar surface area (TPSA) is 122 Å². The van der Waals surface area contributed by atoms with Crippen LogP contribution in [0.2, 0.25) is 5.02 Å². The number of nitrogens with zero attached hydrogens (tertiary/aromatic N) is 3. The second kappa shape index (κ2) is 7.64. The van der Waals surface area contributed by atoms with Gasteiger partial charge in [0.15, 0.2) is 0 Å². The van der Waals surface area contributed by atoms with Gasteiger partial charge in [0.25, 0.3) is 5.91 Å². The number of hydrogen-bond acceptors (Lipinski definition) is 7. The zero-order chi connectivity index (χ0) is 21.6. The van der Waals surface area contributed by atoms with Crippen LogP contribution in [-0.2, 0) is 0 Å². The van der Waals surface area contributed by atoms with Gasteiger partial charge in [-0.25, -0.2) is 9.97 Å². The van der Waals surface area contributed by atoms with E-state index in [9.17, 15) is 14.9 Å². The summed E-state index contributed by atoms with van der Waals surface area (Å²) in [7, 11) is 0. The van der Waals surface area contributed by atoms with Crippen LogP contribution in [0.4, 0.5) is 17.3 Å². The summed E-state index contributed by atoms with van der Waals surface area (Å²) in [6.07, 6.45) is 8.14. The maximum Gasteiger partial charge on any atom is 0.354 e. The van der Waals surface area contributed by atoms with Crippen molar-refractivity contribution >= 4 is 34.8 Å². The van der Waals surface area contributed by atoms with E-state index in [1.807, 2.05) is 0 Å². The Kier molecular flexibility index (Phi) is 4.92. The quantitative estimate of drug-likeness (QED) is 0.453. The molecular weight excluding hydrogens is 420 g/mol. The summed E-state index contributed by atoms with van der Waals surface area (Å²) >= 11 is 6.05. The highest BCUT2D eigenvalue weighted by Crippen LogP contribution is 2.56. The van der Waals surface area contributed by atoms with Crippen molar-refractivity contribution in [2.75, 3.05) is 10.7 Å². The van der Waals surface area contributed by atoms with Crippen LogP contribution < -0.4 is 16.2 Å². The fraction of sp³-hybridized carbons (Fsp3) is 0.476. The average Bonchev–Trinajstić information content (AvgIpc) is 2.71. The smallest absolute Gasteiger partial charge is 0.354 e. The molecule has 4 fully saturated rings. The lowest BCUT2D eigenvalue weighted by Crippen LogP contribution is -2.55. The highest BCUT2D eigenvalue weighted by atomic mass is 35.5. The Bertz CT molecular complexity index is 1010. The first kappa shape index (κ1) is 20.0. The SMILES string of the molecule is O=C(NNc1ncnc(NC23CC4CC(CC(C4)C2)C3)c1[N+](=O)[O-])c1ccccc1Cl. The van der Waals surface area contributed by atoms with Crippen molar-refractivity contribution in [1.29, 1.82) is 0 Å². The molecule has 4 saturated carbocycles. The first-order valence-corrected chi connectivity index (χ1v) is 10.9. The van der Waals surface area contributed by atoms with Gasteiger partial charge < -0.3 is 5.32 Å². The third kappa shape index (κ3) is 3.78. The fourth-order valence-corrected chi connectivity index (χ4v) is 6.30. The zero-order valence-electron chi connectivity index (χ0n) is 16.8. The third-order valence-electron chi connectivity index (χ3n) is 6.84. The molecule has 0 radical (unpaired) electrons. The Hall–Kier alpha value is -2.94. The summed E-state index contributed by atoms with van der Waals surface area (Å²) in [4.78, 5) is 32.0. The Morgan fingerprint density at radius 2 is 1.68 bits per heavy atom. The molecule has 0 saturated heterocycles. The monoisotopic (exact) mass is 442 g/mol. The van der Waals surface area contributed by atoms with Gasteiger partial charge in [-0.3, -0.25) is 25.8 Å². The second-order valence-electron chi connectivity index (χ2n) is 9.06. The average molecular weight is 443 g/mol. The molecule has 0 spiro atoms. The minimum absolute atomic E-state index is 0.0763. The number of carbonyl (C=O) groups is 1. The van der Waals surface area contributed by atoms with Crippen molar-refractivity contribution in [1.82, 2.24) is 15.4 Å². The number of rotatable bonds is 6. The standard InChI is InChI=1S/C21H23ClN6O3/c22-16-4-2-1-3-15(16)20(29)27-26-19-17(28(30)31)18(23-11-24-19)25-21-8-12-5-13(9-21)7-14(6-12)10-21/h1-4,11-14H,5-10H2,(H,27,29)(H2,23,24,25,26). The molecule has 0 atom stereocenters. The predicted molar refractivity (Wildman–Crippen MR) is 116 cm³/mol. The molecule has 1 heterocycles. The highest BCUT2D eigenvalue weighted by Gasteiger charge is 2.51. The van der Waals surface area contributed by atoms with E-state index in [1.165, 1.54) is 25.6 Å². The first-order chi connectivity index (χ1) is 14.9. The van der Waals surface area contributed by atoms with Gasteiger partial charge in [0.2, 0.25) is 11.6 Å². The van der Waals surface area contributed by atoms with Crippen LogP contribution in [0.1, 0.15) is 48.9 Å². The Labute approximate surface area is 184 Å². The van der Waals surface area contributed by atoms with E-state index in [-0.39, 0.29) is 33.4 Å². The molecule has 3 N–H and O–H groups in total. The Balaban J connectivity index is 1.38. The van der Waals surface area contributed by atoms with Gasteiger partial charge in [-0.1, -0.05) is 23.7 Å². The number of carbonyl (C=O) groups excluding carboxylic acids is 1. The van der Waals surface area contributed by atoms with Crippen LogP contribution in [0.25, 0.3) is 0 Å².